The molecule has 0 bridgehead atoms. The Kier molecular flexibility index (Phi) is 4.17. The minimum Gasteiger partial charge on any atom is -0.444 e. The van der Waals surface area contributed by atoms with Crippen LogP contribution in [0.2, 0.25) is 0 Å². The number of amides is 1. The summed E-state index contributed by atoms with van der Waals surface area (Å²) in [6.45, 7) is 4.80. The summed E-state index contributed by atoms with van der Waals surface area (Å²) in [6, 6.07) is -0.923. The number of ether oxygens (including phenoxy) is 1. The fourth-order valence-electron chi connectivity index (χ4n) is 1.74. The van der Waals surface area contributed by atoms with Crippen molar-refractivity contribution in [2.75, 3.05) is 13.2 Å². The predicted molar refractivity (Wildman–Crippen MR) is 60.3 cm³/mol. The summed E-state index contributed by atoms with van der Waals surface area (Å²) >= 11 is 0. The second kappa shape index (κ2) is 5.23. The van der Waals surface area contributed by atoms with Gasteiger partial charge in [0, 0.05) is 11.5 Å². The molecule has 0 aromatic rings. The summed E-state index contributed by atoms with van der Waals surface area (Å²) in [4.78, 5) is 15.8. The average molecular weight is 244 g/mol. The molecule has 1 aliphatic rings. The zero-order valence-electron chi connectivity index (χ0n) is 10.3. The molecular weight excluding hydrogens is 227 g/mol. The van der Waals surface area contributed by atoms with Crippen molar-refractivity contribution in [1.29, 1.82) is 0 Å². The predicted octanol–water partition coefficient (Wildman–Crippen LogP) is 2.64. The van der Waals surface area contributed by atoms with Gasteiger partial charge in [0.2, 0.25) is 0 Å². The molecule has 0 radical (unpaired) electrons. The van der Waals surface area contributed by atoms with Crippen molar-refractivity contribution in [2.45, 2.75) is 44.9 Å². The fourth-order valence-corrected chi connectivity index (χ4v) is 1.74. The van der Waals surface area contributed by atoms with Gasteiger partial charge in [-0.05, 0) is 32.7 Å². The first kappa shape index (κ1) is 13.6. The number of carbonyl (C=O) groups is 1. The van der Waals surface area contributed by atoms with Crippen LogP contribution in [0.15, 0.2) is 5.11 Å². The number of halogens is 1. The molecule has 2 unspecified atom stereocenters. The number of alkyl halides is 1. The van der Waals surface area contributed by atoms with Gasteiger partial charge in [0.05, 0.1) is 12.1 Å². The van der Waals surface area contributed by atoms with E-state index in [1.165, 1.54) is 4.90 Å². The summed E-state index contributed by atoms with van der Waals surface area (Å²) < 4.78 is 17.9. The Bertz CT molecular complexity index is 336. The maximum Gasteiger partial charge on any atom is 0.410 e. The molecule has 1 aliphatic heterocycles. The van der Waals surface area contributed by atoms with Gasteiger partial charge in [-0.25, -0.2) is 9.18 Å². The molecule has 1 saturated heterocycles. The number of likely N-dealkylation sites (tertiary alicyclic amines) is 1. The lowest BCUT2D eigenvalue weighted by molar-refractivity contribution is 0.0206. The summed E-state index contributed by atoms with van der Waals surface area (Å²) in [5.74, 6) is 0. The Morgan fingerprint density at radius 3 is 2.76 bits per heavy atom. The van der Waals surface area contributed by atoms with Crippen molar-refractivity contribution in [2.24, 2.45) is 5.11 Å². The van der Waals surface area contributed by atoms with Gasteiger partial charge in [0.25, 0.3) is 0 Å². The van der Waals surface area contributed by atoms with Crippen molar-refractivity contribution < 1.29 is 13.9 Å². The first-order chi connectivity index (χ1) is 7.87. The van der Waals surface area contributed by atoms with Gasteiger partial charge in [0.1, 0.15) is 12.3 Å². The minimum absolute atomic E-state index is 0.216. The minimum atomic E-state index is -0.656. The Balaban J connectivity index is 2.68. The molecule has 2 atom stereocenters. The first-order valence-corrected chi connectivity index (χ1v) is 5.47. The van der Waals surface area contributed by atoms with Gasteiger partial charge in [0.15, 0.2) is 0 Å². The molecule has 0 aliphatic carbocycles. The van der Waals surface area contributed by atoms with Gasteiger partial charge >= 0.3 is 6.09 Å². The smallest absolute Gasteiger partial charge is 0.410 e. The normalized spacial score (nSPS) is 24.4. The third-order valence-electron chi connectivity index (χ3n) is 2.41. The first-order valence-electron chi connectivity index (χ1n) is 5.47. The van der Waals surface area contributed by atoms with Crippen LogP contribution in [-0.2, 0) is 4.74 Å². The lowest BCUT2D eigenvalue weighted by atomic mass is 10.2. The summed E-state index contributed by atoms with van der Waals surface area (Å²) in [7, 11) is 0. The highest BCUT2D eigenvalue weighted by Crippen LogP contribution is 2.23. The second-order valence-corrected chi connectivity index (χ2v) is 5.04. The van der Waals surface area contributed by atoms with E-state index in [9.17, 15) is 9.18 Å². The molecule has 6 nitrogen and oxygen atoms in total. The molecule has 17 heavy (non-hydrogen) atoms. The molecule has 1 fully saturated rings. The molecule has 1 rings (SSSR count). The number of hydrogen-bond donors (Lipinski definition) is 0. The molecule has 0 spiro atoms. The largest absolute Gasteiger partial charge is 0.444 e. The van der Waals surface area contributed by atoms with E-state index < -0.39 is 24.4 Å². The lowest BCUT2D eigenvalue weighted by Gasteiger charge is -2.27. The molecule has 0 aromatic carbocycles. The van der Waals surface area contributed by atoms with Crippen LogP contribution in [0.3, 0.4) is 0 Å². The molecule has 96 valence electrons. The van der Waals surface area contributed by atoms with Crippen molar-refractivity contribution in [3.8, 4) is 0 Å². The highest BCUT2D eigenvalue weighted by Gasteiger charge is 2.37. The second-order valence-electron chi connectivity index (χ2n) is 5.04. The van der Waals surface area contributed by atoms with Crippen molar-refractivity contribution in [3.63, 3.8) is 0 Å². The van der Waals surface area contributed by atoms with Crippen molar-refractivity contribution in [1.82, 2.24) is 4.90 Å². The van der Waals surface area contributed by atoms with E-state index in [-0.39, 0.29) is 12.6 Å². The summed E-state index contributed by atoms with van der Waals surface area (Å²) in [6.07, 6.45) is -0.212. The maximum absolute atomic E-state index is 12.8. The van der Waals surface area contributed by atoms with E-state index in [2.05, 4.69) is 10.0 Å². The molecule has 1 amide bonds. The zero-order valence-corrected chi connectivity index (χ0v) is 10.3. The Hall–Kier alpha value is -1.49. The van der Waals surface area contributed by atoms with Crippen LogP contribution in [0, 0.1) is 0 Å². The Morgan fingerprint density at radius 2 is 2.29 bits per heavy atom. The van der Waals surface area contributed by atoms with Crippen LogP contribution in [-0.4, -0.2) is 41.9 Å². The highest BCUT2D eigenvalue weighted by atomic mass is 19.1. The SMILES string of the molecule is CC(C)(C)OC(=O)N1CC(N=[N+]=[N-])CC1CF. The van der Waals surface area contributed by atoms with Crippen LogP contribution in [0.1, 0.15) is 27.2 Å². The van der Waals surface area contributed by atoms with Crippen LogP contribution in [0.5, 0.6) is 0 Å². The fraction of sp³-hybridized carbons (Fsp3) is 0.900. The standard InChI is InChI=1S/C10H17FN4O2/c1-10(2,3)17-9(16)15-6-7(13-14-12)4-8(15)5-11/h7-8H,4-6H2,1-3H3. The molecule has 0 N–H and O–H groups in total. The van der Waals surface area contributed by atoms with E-state index in [0.29, 0.717) is 6.42 Å². The van der Waals surface area contributed by atoms with E-state index in [1.807, 2.05) is 0 Å². The topological polar surface area (TPSA) is 78.3 Å². The summed E-state index contributed by atoms with van der Waals surface area (Å²) in [5.41, 5.74) is 7.71. The summed E-state index contributed by atoms with van der Waals surface area (Å²) in [5, 5.41) is 3.52. The van der Waals surface area contributed by atoms with Gasteiger partial charge in [-0.15, -0.1) is 0 Å². The van der Waals surface area contributed by atoms with Crippen LogP contribution in [0.4, 0.5) is 9.18 Å². The number of nitrogens with zero attached hydrogens (tertiary/aromatic N) is 4. The number of carbonyl (C=O) groups excluding carboxylic acids is 1. The van der Waals surface area contributed by atoms with Gasteiger partial charge in [-0.3, -0.25) is 0 Å². The Labute approximate surface area is 99.4 Å². The van der Waals surface area contributed by atoms with Gasteiger partial charge in [-0.2, -0.15) is 0 Å². The highest BCUT2D eigenvalue weighted by molar-refractivity contribution is 5.69. The van der Waals surface area contributed by atoms with E-state index >= 15 is 0 Å². The zero-order chi connectivity index (χ0) is 13.1. The molecular formula is C10H17FN4O2. The van der Waals surface area contributed by atoms with Crippen LogP contribution in [0.25, 0.3) is 10.4 Å². The van der Waals surface area contributed by atoms with Crippen molar-refractivity contribution >= 4 is 6.09 Å². The monoisotopic (exact) mass is 244 g/mol. The van der Waals surface area contributed by atoms with E-state index in [4.69, 9.17) is 10.3 Å². The third-order valence-corrected chi connectivity index (χ3v) is 2.41. The number of hydrogen-bond acceptors (Lipinski definition) is 3. The van der Waals surface area contributed by atoms with Crippen molar-refractivity contribution in [3.05, 3.63) is 10.4 Å². The van der Waals surface area contributed by atoms with E-state index in [1.54, 1.807) is 20.8 Å². The average Bonchev–Trinajstić information content (AvgIpc) is 2.59. The molecule has 0 saturated carbocycles. The van der Waals surface area contributed by atoms with Crippen LogP contribution >= 0.6 is 0 Å². The third kappa shape index (κ3) is 3.78. The van der Waals surface area contributed by atoms with Gasteiger partial charge < -0.3 is 9.64 Å². The molecule has 1 heterocycles. The molecule has 0 aromatic heterocycles. The lowest BCUT2D eigenvalue weighted by Crippen LogP contribution is -2.40. The maximum atomic E-state index is 12.8. The number of rotatable bonds is 2. The van der Waals surface area contributed by atoms with E-state index in [0.717, 1.165) is 0 Å². The quantitative estimate of drug-likeness (QED) is 0.425. The van der Waals surface area contributed by atoms with Gasteiger partial charge in [-0.1, -0.05) is 5.11 Å². The van der Waals surface area contributed by atoms with Crippen LogP contribution < -0.4 is 0 Å². The number of azide groups is 1. The molecule has 7 heteroatoms. The Morgan fingerprint density at radius 1 is 1.65 bits per heavy atom.